The van der Waals surface area contributed by atoms with E-state index >= 15 is 0 Å². The molecule has 2 rings (SSSR count). The van der Waals surface area contributed by atoms with Crippen LogP contribution in [0, 0.1) is 12.7 Å². The molecule has 0 spiro atoms. The van der Waals surface area contributed by atoms with Crippen LogP contribution < -0.4 is 10.5 Å². The SMILES string of the molecule is COc1c(N)cccc1C(=O)OCc1cc(F)ccc1C. The first-order valence-corrected chi connectivity index (χ1v) is 6.37. The molecule has 0 aliphatic rings. The van der Waals surface area contributed by atoms with Crippen LogP contribution in [-0.2, 0) is 11.3 Å². The van der Waals surface area contributed by atoms with Gasteiger partial charge in [-0.1, -0.05) is 12.1 Å². The minimum Gasteiger partial charge on any atom is -0.494 e. The predicted molar refractivity (Wildman–Crippen MR) is 77.7 cm³/mol. The molecule has 5 heteroatoms. The molecule has 2 aromatic carbocycles. The van der Waals surface area contributed by atoms with Crippen LogP contribution in [0.1, 0.15) is 21.5 Å². The summed E-state index contributed by atoms with van der Waals surface area (Å²) < 4.78 is 23.5. The maximum atomic E-state index is 13.2. The summed E-state index contributed by atoms with van der Waals surface area (Å²) >= 11 is 0. The Morgan fingerprint density at radius 1 is 1.29 bits per heavy atom. The third-order valence-electron chi connectivity index (χ3n) is 3.14. The quantitative estimate of drug-likeness (QED) is 0.694. The van der Waals surface area contributed by atoms with E-state index in [1.54, 1.807) is 24.3 Å². The van der Waals surface area contributed by atoms with E-state index in [-0.39, 0.29) is 23.7 Å². The summed E-state index contributed by atoms with van der Waals surface area (Å²) in [4.78, 5) is 12.1. The molecule has 0 atom stereocenters. The largest absolute Gasteiger partial charge is 0.494 e. The minimum atomic E-state index is -0.567. The van der Waals surface area contributed by atoms with Crippen molar-refractivity contribution >= 4 is 11.7 Å². The summed E-state index contributed by atoms with van der Waals surface area (Å²) in [5.41, 5.74) is 7.80. The second-order valence-electron chi connectivity index (χ2n) is 4.57. The van der Waals surface area contributed by atoms with Crippen molar-refractivity contribution in [1.82, 2.24) is 0 Å². The number of nitrogen functional groups attached to an aromatic ring is 1. The predicted octanol–water partition coefficient (Wildman–Crippen LogP) is 3.08. The zero-order chi connectivity index (χ0) is 15.4. The Labute approximate surface area is 122 Å². The third kappa shape index (κ3) is 3.31. The monoisotopic (exact) mass is 289 g/mol. The maximum Gasteiger partial charge on any atom is 0.342 e. The first-order valence-electron chi connectivity index (χ1n) is 6.37. The van der Waals surface area contributed by atoms with Crippen molar-refractivity contribution in [3.05, 3.63) is 58.9 Å². The summed E-state index contributed by atoms with van der Waals surface area (Å²) in [5.74, 6) is -0.658. The zero-order valence-electron chi connectivity index (χ0n) is 11.9. The number of carbonyl (C=O) groups is 1. The maximum absolute atomic E-state index is 13.2. The summed E-state index contributed by atoms with van der Waals surface area (Å²) in [5, 5.41) is 0. The lowest BCUT2D eigenvalue weighted by Gasteiger charge is -2.11. The molecule has 2 N–H and O–H groups in total. The molecule has 0 saturated heterocycles. The summed E-state index contributed by atoms with van der Waals surface area (Å²) in [7, 11) is 1.43. The van der Waals surface area contributed by atoms with Gasteiger partial charge in [-0.3, -0.25) is 0 Å². The van der Waals surface area contributed by atoms with Crippen molar-refractivity contribution in [2.45, 2.75) is 13.5 Å². The molecule has 0 aliphatic carbocycles. The van der Waals surface area contributed by atoms with E-state index in [1.165, 1.54) is 19.2 Å². The number of para-hydroxylation sites is 1. The van der Waals surface area contributed by atoms with Gasteiger partial charge in [0.15, 0.2) is 5.75 Å². The number of halogens is 1. The summed E-state index contributed by atoms with van der Waals surface area (Å²) in [6.07, 6.45) is 0. The Kier molecular flexibility index (Phi) is 4.42. The fourth-order valence-corrected chi connectivity index (χ4v) is 1.96. The number of nitrogens with two attached hydrogens (primary N) is 1. The van der Waals surface area contributed by atoms with Crippen LogP contribution in [0.4, 0.5) is 10.1 Å². The molecule has 0 aromatic heterocycles. The number of hydrogen-bond acceptors (Lipinski definition) is 4. The number of benzene rings is 2. The van der Waals surface area contributed by atoms with Gasteiger partial charge in [0.2, 0.25) is 0 Å². The van der Waals surface area contributed by atoms with E-state index in [9.17, 15) is 9.18 Å². The molecule has 0 fully saturated rings. The lowest BCUT2D eigenvalue weighted by Crippen LogP contribution is -2.09. The van der Waals surface area contributed by atoms with Gasteiger partial charge in [-0.15, -0.1) is 0 Å². The number of aryl methyl sites for hydroxylation is 1. The van der Waals surface area contributed by atoms with Crippen LogP contribution in [0.5, 0.6) is 5.75 Å². The van der Waals surface area contributed by atoms with Crippen LogP contribution >= 0.6 is 0 Å². The normalized spacial score (nSPS) is 10.2. The van der Waals surface area contributed by atoms with E-state index < -0.39 is 5.97 Å². The van der Waals surface area contributed by atoms with Crippen LogP contribution in [0.25, 0.3) is 0 Å². The molecule has 0 bridgehead atoms. The fraction of sp³-hybridized carbons (Fsp3) is 0.188. The van der Waals surface area contributed by atoms with Gasteiger partial charge in [-0.05, 0) is 42.3 Å². The number of carbonyl (C=O) groups excluding carboxylic acids is 1. The van der Waals surface area contributed by atoms with Gasteiger partial charge in [0.25, 0.3) is 0 Å². The highest BCUT2D eigenvalue weighted by atomic mass is 19.1. The Morgan fingerprint density at radius 3 is 2.76 bits per heavy atom. The van der Waals surface area contributed by atoms with Crippen molar-refractivity contribution in [3.63, 3.8) is 0 Å². The molecular weight excluding hydrogens is 273 g/mol. The molecule has 2 aromatic rings. The molecule has 0 unspecified atom stereocenters. The minimum absolute atomic E-state index is 0.0135. The average Bonchev–Trinajstić information content (AvgIpc) is 2.47. The van der Waals surface area contributed by atoms with Crippen LogP contribution in [0.15, 0.2) is 36.4 Å². The van der Waals surface area contributed by atoms with Gasteiger partial charge in [-0.25, -0.2) is 9.18 Å². The molecule has 0 amide bonds. The molecule has 0 saturated carbocycles. The molecule has 0 aliphatic heterocycles. The summed E-state index contributed by atoms with van der Waals surface area (Å²) in [6.45, 7) is 1.81. The second kappa shape index (κ2) is 6.26. The Morgan fingerprint density at radius 2 is 2.05 bits per heavy atom. The van der Waals surface area contributed by atoms with E-state index in [2.05, 4.69) is 0 Å². The Balaban J connectivity index is 2.16. The highest BCUT2D eigenvalue weighted by Crippen LogP contribution is 2.26. The second-order valence-corrected chi connectivity index (χ2v) is 4.57. The molecule has 0 radical (unpaired) electrons. The Bertz CT molecular complexity index is 671. The molecule has 110 valence electrons. The topological polar surface area (TPSA) is 61.5 Å². The number of methoxy groups -OCH3 is 1. The van der Waals surface area contributed by atoms with Gasteiger partial charge in [0, 0.05) is 0 Å². The van der Waals surface area contributed by atoms with Crippen molar-refractivity contribution in [2.24, 2.45) is 0 Å². The third-order valence-corrected chi connectivity index (χ3v) is 3.14. The van der Waals surface area contributed by atoms with E-state index in [0.717, 1.165) is 5.56 Å². The molecule has 4 nitrogen and oxygen atoms in total. The molecular formula is C16H16FNO3. The zero-order valence-corrected chi connectivity index (χ0v) is 11.9. The van der Waals surface area contributed by atoms with Crippen molar-refractivity contribution in [2.75, 3.05) is 12.8 Å². The van der Waals surface area contributed by atoms with Crippen LogP contribution in [-0.4, -0.2) is 13.1 Å². The fourth-order valence-electron chi connectivity index (χ4n) is 1.96. The molecule has 21 heavy (non-hydrogen) atoms. The highest BCUT2D eigenvalue weighted by Gasteiger charge is 2.16. The van der Waals surface area contributed by atoms with Crippen molar-refractivity contribution in [3.8, 4) is 5.75 Å². The number of esters is 1. The number of anilines is 1. The van der Waals surface area contributed by atoms with Gasteiger partial charge in [0.05, 0.1) is 12.8 Å². The van der Waals surface area contributed by atoms with E-state index in [0.29, 0.717) is 11.3 Å². The lowest BCUT2D eigenvalue weighted by atomic mass is 10.1. The number of rotatable bonds is 4. The number of hydrogen-bond donors (Lipinski definition) is 1. The van der Waals surface area contributed by atoms with Crippen molar-refractivity contribution < 1.29 is 18.7 Å². The first kappa shape index (κ1) is 14.8. The van der Waals surface area contributed by atoms with Gasteiger partial charge >= 0.3 is 5.97 Å². The van der Waals surface area contributed by atoms with Gasteiger partial charge < -0.3 is 15.2 Å². The van der Waals surface area contributed by atoms with Crippen LogP contribution in [0.3, 0.4) is 0 Å². The standard InChI is InChI=1S/C16H16FNO3/c1-10-6-7-12(17)8-11(10)9-21-16(19)13-4-3-5-14(18)15(13)20-2/h3-8H,9,18H2,1-2H3. The summed E-state index contributed by atoms with van der Waals surface area (Å²) in [6, 6.07) is 9.19. The lowest BCUT2D eigenvalue weighted by molar-refractivity contribution is 0.0468. The molecule has 0 heterocycles. The van der Waals surface area contributed by atoms with Crippen molar-refractivity contribution in [1.29, 1.82) is 0 Å². The highest BCUT2D eigenvalue weighted by molar-refractivity contribution is 5.94. The van der Waals surface area contributed by atoms with E-state index in [4.69, 9.17) is 15.2 Å². The van der Waals surface area contributed by atoms with Gasteiger partial charge in [0.1, 0.15) is 18.0 Å². The number of ether oxygens (including phenoxy) is 2. The van der Waals surface area contributed by atoms with E-state index in [1.807, 2.05) is 6.92 Å². The van der Waals surface area contributed by atoms with Crippen LogP contribution in [0.2, 0.25) is 0 Å². The Hall–Kier alpha value is -2.56. The smallest absolute Gasteiger partial charge is 0.342 e. The van der Waals surface area contributed by atoms with Gasteiger partial charge in [-0.2, -0.15) is 0 Å². The first-order chi connectivity index (χ1) is 10.0. The average molecular weight is 289 g/mol.